The van der Waals surface area contributed by atoms with Crippen molar-refractivity contribution in [3.8, 4) is 0 Å². The fraction of sp³-hybridized carbons (Fsp3) is 0.579. The van der Waals surface area contributed by atoms with E-state index in [1.54, 1.807) is 4.90 Å². The molecule has 1 aliphatic heterocycles. The van der Waals surface area contributed by atoms with Crippen molar-refractivity contribution >= 4 is 11.9 Å². The van der Waals surface area contributed by atoms with Crippen LogP contribution in [0.1, 0.15) is 50.4 Å². The van der Waals surface area contributed by atoms with Crippen LogP contribution in [0.5, 0.6) is 0 Å². The molecule has 0 spiro atoms. The summed E-state index contributed by atoms with van der Waals surface area (Å²) in [4.78, 5) is 26.2. The molecule has 1 amide bonds. The van der Waals surface area contributed by atoms with Crippen molar-refractivity contribution < 1.29 is 23.1 Å². The molecule has 1 aromatic carbocycles. The monoisotopic (exact) mass is 351 g/mol. The Balaban J connectivity index is 1.65. The summed E-state index contributed by atoms with van der Waals surface area (Å²) in [5, 5.41) is 0. The summed E-state index contributed by atoms with van der Waals surface area (Å²) in [6.45, 7) is 6.71. The first kappa shape index (κ1) is 17.8. The number of nitrogens with zero attached hydrogens (tertiary/aromatic N) is 1. The van der Waals surface area contributed by atoms with Crippen molar-refractivity contribution in [1.82, 2.24) is 4.90 Å². The summed E-state index contributed by atoms with van der Waals surface area (Å²) < 4.78 is 32.1. The Hall–Kier alpha value is -1.98. The number of rotatable bonds is 3. The molecule has 0 aromatic heterocycles. The molecular formula is C19H23F2NO3. The van der Waals surface area contributed by atoms with Crippen molar-refractivity contribution in [2.75, 3.05) is 13.2 Å². The molecule has 136 valence electrons. The van der Waals surface area contributed by atoms with Crippen molar-refractivity contribution in [2.24, 2.45) is 10.8 Å². The number of ether oxygens (including phenoxy) is 1. The molecule has 2 fully saturated rings. The summed E-state index contributed by atoms with van der Waals surface area (Å²) in [5.74, 6) is -3.46. The van der Waals surface area contributed by atoms with Crippen molar-refractivity contribution in [3.05, 3.63) is 35.4 Å². The predicted octanol–water partition coefficient (Wildman–Crippen LogP) is 3.55. The average molecular weight is 351 g/mol. The molecular weight excluding hydrogens is 328 g/mol. The van der Waals surface area contributed by atoms with Gasteiger partial charge >= 0.3 is 5.97 Å². The number of amides is 1. The zero-order valence-electron chi connectivity index (χ0n) is 14.8. The minimum absolute atomic E-state index is 0.0731. The number of hydrogen-bond acceptors (Lipinski definition) is 3. The zero-order chi connectivity index (χ0) is 18.4. The molecule has 4 nitrogen and oxygen atoms in total. The van der Waals surface area contributed by atoms with E-state index in [4.69, 9.17) is 4.74 Å². The van der Waals surface area contributed by atoms with E-state index in [1.165, 1.54) is 6.07 Å². The van der Waals surface area contributed by atoms with Gasteiger partial charge in [-0.2, -0.15) is 0 Å². The van der Waals surface area contributed by atoms with Crippen LogP contribution >= 0.6 is 0 Å². The molecule has 6 heteroatoms. The quantitative estimate of drug-likeness (QED) is 0.783. The van der Waals surface area contributed by atoms with Gasteiger partial charge in [-0.3, -0.25) is 4.79 Å². The van der Waals surface area contributed by atoms with Gasteiger partial charge in [-0.15, -0.1) is 0 Å². The molecule has 2 aliphatic rings. The van der Waals surface area contributed by atoms with Crippen LogP contribution in [0.3, 0.4) is 0 Å². The van der Waals surface area contributed by atoms with Crippen LogP contribution in [-0.2, 0) is 9.53 Å². The molecule has 2 bridgehead atoms. The van der Waals surface area contributed by atoms with Crippen LogP contribution in [0.25, 0.3) is 0 Å². The highest BCUT2D eigenvalue weighted by molar-refractivity contribution is 5.92. The highest BCUT2D eigenvalue weighted by atomic mass is 19.1. The van der Waals surface area contributed by atoms with Crippen LogP contribution in [0.2, 0.25) is 0 Å². The number of hydrogen-bond donors (Lipinski definition) is 0. The van der Waals surface area contributed by atoms with E-state index in [0.717, 1.165) is 31.4 Å². The molecule has 2 atom stereocenters. The molecule has 1 saturated heterocycles. The fourth-order valence-corrected chi connectivity index (χ4v) is 4.73. The predicted molar refractivity (Wildman–Crippen MR) is 87.9 cm³/mol. The third kappa shape index (κ3) is 3.53. The number of esters is 1. The molecule has 1 aromatic rings. The lowest BCUT2D eigenvalue weighted by Crippen LogP contribution is -2.39. The van der Waals surface area contributed by atoms with Crippen LogP contribution in [0, 0.1) is 22.5 Å². The average Bonchev–Trinajstić information content (AvgIpc) is 2.73. The van der Waals surface area contributed by atoms with E-state index in [9.17, 15) is 18.4 Å². The Morgan fingerprint density at radius 1 is 1.20 bits per heavy atom. The number of benzene rings is 1. The molecule has 1 heterocycles. The normalized spacial score (nSPS) is 27.2. The first-order valence-electron chi connectivity index (χ1n) is 8.51. The highest BCUT2D eigenvalue weighted by Gasteiger charge is 2.50. The van der Waals surface area contributed by atoms with E-state index in [-0.39, 0.29) is 22.8 Å². The SMILES string of the molecule is CC1(C)C[C@@H]2C[C@@](C)(CN2C(=O)COC(=O)c2c(F)cccc2F)C1. The molecule has 0 unspecified atom stereocenters. The van der Waals surface area contributed by atoms with Gasteiger partial charge < -0.3 is 9.64 Å². The summed E-state index contributed by atoms with van der Waals surface area (Å²) in [5.41, 5.74) is -0.521. The van der Waals surface area contributed by atoms with E-state index < -0.39 is 29.8 Å². The van der Waals surface area contributed by atoms with Crippen molar-refractivity contribution in [1.29, 1.82) is 0 Å². The Bertz CT molecular complexity index is 698. The Morgan fingerprint density at radius 2 is 1.84 bits per heavy atom. The van der Waals surface area contributed by atoms with E-state index in [2.05, 4.69) is 20.8 Å². The summed E-state index contributed by atoms with van der Waals surface area (Å²) in [6.07, 6.45) is 2.89. The maximum Gasteiger partial charge on any atom is 0.344 e. The van der Waals surface area contributed by atoms with Gasteiger partial charge in [-0.1, -0.05) is 26.8 Å². The Labute approximate surface area is 146 Å². The van der Waals surface area contributed by atoms with E-state index in [1.807, 2.05) is 0 Å². The van der Waals surface area contributed by atoms with Crippen LogP contribution in [0.4, 0.5) is 8.78 Å². The zero-order valence-corrected chi connectivity index (χ0v) is 14.8. The van der Waals surface area contributed by atoms with Crippen LogP contribution in [-0.4, -0.2) is 36.0 Å². The maximum absolute atomic E-state index is 13.6. The second-order valence-electron chi connectivity index (χ2n) is 8.41. The lowest BCUT2D eigenvalue weighted by molar-refractivity contribution is -0.135. The number of carbonyl (C=O) groups is 2. The Kier molecular flexibility index (Phi) is 4.33. The maximum atomic E-state index is 13.6. The summed E-state index contributed by atoms with van der Waals surface area (Å²) >= 11 is 0. The van der Waals surface area contributed by atoms with Gasteiger partial charge in [-0.25, -0.2) is 13.6 Å². The smallest absolute Gasteiger partial charge is 0.344 e. The lowest BCUT2D eigenvalue weighted by atomic mass is 9.65. The molecule has 1 aliphatic carbocycles. The minimum Gasteiger partial charge on any atom is -0.452 e. The lowest BCUT2D eigenvalue weighted by Gasteiger charge is -2.39. The van der Waals surface area contributed by atoms with Crippen molar-refractivity contribution in [2.45, 2.75) is 46.1 Å². The molecule has 0 N–H and O–H groups in total. The highest BCUT2D eigenvalue weighted by Crippen LogP contribution is 2.52. The van der Waals surface area contributed by atoms with Gasteiger partial charge in [0.25, 0.3) is 5.91 Å². The van der Waals surface area contributed by atoms with Gasteiger partial charge in [0.05, 0.1) is 0 Å². The first-order valence-corrected chi connectivity index (χ1v) is 8.51. The van der Waals surface area contributed by atoms with Gasteiger partial charge in [0.1, 0.15) is 17.2 Å². The van der Waals surface area contributed by atoms with Gasteiger partial charge in [0, 0.05) is 12.6 Å². The van der Waals surface area contributed by atoms with E-state index >= 15 is 0 Å². The molecule has 0 radical (unpaired) electrons. The third-order valence-electron chi connectivity index (χ3n) is 5.23. The van der Waals surface area contributed by atoms with E-state index in [0.29, 0.717) is 6.54 Å². The Morgan fingerprint density at radius 3 is 2.48 bits per heavy atom. The topological polar surface area (TPSA) is 46.6 Å². The largest absolute Gasteiger partial charge is 0.452 e. The molecule has 25 heavy (non-hydrogen) atoms. The second-order valence-corrected chi connectivity index (χ2v) is 8.41. The number of fused-ring (bicyclic) bond motifs is 2. The second kappa shape index (κ2) is 6.07. The van der Waals surface area contributed by atoms with Gasteiger partial charge in [0.2, 0.25) is 0 Å². The molecule has 3 rings (SSSR count). The third-order valence-corrected chi connectivity index (χ3v) is 5.23. The standard InChI is InChI=1S/C19H23F2NO3/c1-18(2)7-12-8-19(3,10-18)11-22(12)15(23)9-25-17(24)16-13(20)5-4-6-14(16)21/h4-6,12H,7-11H2,1-3H3/t12-,19-/m1/s1. The van der Waals surface area contributed by atoms with Crippen LogP contribution in [0.15, 0.2) is 18.2 Å². The minimum atomic E-state index is -1.15. The summed E-state index contributed by atoms with van der Waals surface area (Å²) in [7, 11) is 0. The fourth-order valence-electron chi connectivity index (χ4n) is 4.73. The first-order chi connectivity index (χ1) is 11.6. The van der Waals surface area contributed by atoms with Crippen molar-refractivity contribution in [3.63, 3.8) is 0 Å². The summed E-state index contributed by atoms with van der Waals surface area (Å²) in [6, 6.07) is 3.26. The van der Waals surface area contributed by atoms with Gasteiger partial charge in [0.15, 0.2) is 6.61 Å². The van der Waals surface area contributed by atoms with Gasteiger partial charge in [-0.05, 0) is 42.2 Å². The molecule has 1 saturated carbocycles. The number of carbonyl (C=O) groups excluding carboxylic acids is 2. The number of halogens is 2. The van der Waals surface area contributed by atoms with Crippen LogP contribution < -0.4 is 0 Å². The number of likely N-dealkylation sites (tertiary alicyclic amines) is 1.